The van der Waals surface area contributed by atoms with Crippen molar-refractivity contribution in [1.82, 2.24) is 0 Å². The molecular weight excluding hydrogens is 362 g/mol. The van der Waals surface area contributed by atoms with E-state index in [1.54, 1.807) is 0 Å². The topological polar surface area (TPSA) is 55.8 Å². The minimum absolute atomic E-state index is 0.149. The molecule has 1 aliphatic heterocycles. The maximum atomic E-state index is 12.6. The van der Waals surface area contributed by atoms with Gasteiger partial charge in [0.2, 0.25) is 0 Å². The van der Waals surface area contributed by atoms with Crippen LogP contribution in [-0.2, 0) is 19.1 Å². The maximum absolute atomic E-state index is 12.6. The number of anilines is 1. The largest absolute Gasteiger partial charge is 0.466 e. The molecule has 0 amide bonds. The second-order valence-corrected chi connectivity index (χ2v) is 8.24. The normalized spacial score (nSPS) is 15.5. The van der Waals surface area contributed by atoms with Gasteiger partial charge < -0.3 is 9.47 Å². The minimum Gasteiger partial charge on any atom is -0.466 e. The van der Waals surface area contributed by atoms with Gasteiger partial charge in [-0.05, 0) is 36.4 Å². The summed E-state index contributed by atoms with van der Waals surface area (Å²) in [6, 6.07) is 16.0. The Morgan fingerprint density at radius 3 is 2.19 bits per heavy atom. The summed E-state index contributed by atoms with van der Waals surface area (Å²) in [5, 5.41) is 0. The first kappa shape index (κ1) is 18.9. The number of rotatable bonds is 3. The van der Waals surface area contributed by atoms with E-state index in [0.717, 1.165) is 26.6 Å². The van der Waals surface area contributed by atoms with Gasteiger partial charge in [0.15, 0.2) is 0 Å². The van der Waals surface area contributed by atoms with Gasteiger partial charge in [0.1, 0.15) is 5.70 Å². The monoisotopic (exact) mass is 383 g/mol. The SMILES string of the molecule is COC(=O)/C=C(\C(=O)OC)N1c2ccccc2-c2ccccc2S1=C(C)C. The van der Waals surface area contributed by atoms with E-state index in [0.29, 0.717) is 0 Å². The second kappa shape index (κ2) is 7.80. The molecule has 0 aromatic heterocycles. The van der Waals surface area contributed by atoms with Crippen LogP contribution in [-0.4, -0.2) is 31.0 Å². The zero-order valence-electron chi connectivity index (χ0n) is 15.7. The van der Waals surface area contributed by atoms with E-state index < -0.39 is 22.6 Å². The third-order valence-electron chi connectivity index (χ3n) is 4.15. The highest BCUT2D eigenvalue weighted by atomic mass is 32.2. The lowest BCUT2D eigenvalue weighted by Gasteiger charge is -2.37. The third kappa shape index (κ3) is 3.40. The van der Waals surface area contributed by atoms with Crippen molar-refractivity contribution < 1.29 is 19.1 Å². The summed E-state index contributed by atoms with van der Waals surface area (Å²) >= 11 is 0. The number of ether oxygens (including phenoxy) is 2. The van der Waals surface area contributed by atoms with E-state index in [4.69, 9.17) is 9.47 Å². The van der Waals surface area contributed by atoms with E-state index in [1.165, 1.54) is 20.3 Å². The maximum Gasteiger partial charge on any atom is 0.355 e. The predicted molar refractivity (Wildman–Crippen MR) is 109 cm³/mol. The predicted octanol–water partition coefficient (Wildman–Crippen LogP) is 4.16. The zero-order valence-corrected chi connectivity index (χ0v) is 16.5. The van der Waals surface area contributed by atoms with Crippen molar-refractivity contribution >= 4 is 33.2 Å². The number of hydrogen-bond acceptors (Lipinski definition) is 5. The molecule has 0 bridgehead atoms. The average Bonchev–Trinajstić information content (AvgIpc) is 2.70. The fourth-order valence-corrected chi connectivity index (χ4v) is 5.31. The van der Waals surface area contributed by atoms with E-state index >= 15 is 0 Å². The van der Waals surface area contributed by atoms with Crippen LogP contribution in [0.1, 0.15) is 13.8 Å². The number of methoxy groups -OCH3 is 2. The highest BCUT2D eigenvalue weighted by Crippen LogP contribution is 2.52. The number of para-hydroxylation sites is 1. The molecule has 1 unspecified atom stereocenters. The lowest BCUT2D eigenvalue weighted by molar-refractivity contribution is -0.138. The van der Waals surface area contributed by atoms with E-state index in [9.17, 15) is 9.59 Å². The molecule has 2 aromatic carbocycles. The fourth-order valence-electron chi connectivity index (χ4n) is 3.04. The molecule has 1 atom stereocenters. The zero-order chi connectivity index (χ0) is 19.6. The van der Waals surface area contributed by atoms with Gasteiger partial charge >= 0.3 is 11.9 Å². The smallest absolute Gasteiger partial charge is 0.355 e. The van der Waals surface area contributed by atoms with E-state index in [-0.39, 0.29) is 5.70 Å². The number of benzene rings is 2. The Morgan fingerprint density at radius 1 is 0.926 bits per heavy atom. The molecular formula is C21H21NO4S. The fraction of sp³-hybridized carbons (Fsp3) is 0.190. The highest BCUT2D eigenvalue weighted by molar-refractivity contribution is 8.17. The van der Waals surface area contributed by atoms with Gasteiger partial charge in [-0.3, -0.25) is 4.31 Å². The minimum atomic E-state index is -0.607. The van der Waals surface area contributed by atoms with Crippen LogP contribution in [0.15, 0.2) is 65.2 Å². The molecule has 0 saturated heterocycles. The molecule has 0 aliphatic carbocycles. The van der Waals surface area contributed by atoms with Gasteiger partial charge in [-0.1, -0.05) is 47.1 Å². The van der Waals surface area contributed by atoms with Gasteiger partial charge in [-0.2, -0.15) is 0 Å². The summed E-state index contributed by atoms with van der Waals surface area (Å²) in [5.41, 5.74) is 3.12. The van der Waals surface area contributed by atoms with Gasteiger partial charge in [0, 0.05) is 10.5 Å². The van der Waals surface area contributed by atoms with Crippen LogP contribution in [0, 0.1) is 0 Å². The third-order valence-corrected chi connectivity index (χ3v) is 6.45. The molecule has 0 N–H and O–H groups in total. The van der Waals surface area contributed by atoms with Crippen molar-refractivity contribution in [2.75, 3.05) is 18.5 Å². The van der Waals surface area contributed by atoms with Gasteiger partial charge in [-0.25, -0.2) is 9.59 Å². The van der Waals surface area contributed by atoms with Gasteiger partial charge in [0.05, 0.1) is 26.0 Å². The first-order chi connectivity index (χ1) is 13.0. The molecule has 1 aliphatic rings. The van der Waals surface area contributed by atoms with Crippen molar-refractivity contribution in [2.24, 2.45) is 0 Å². The van der Waals surface area contributed by atoms with E-state index in [2.05, 4.69) is 12.1 Å². The van der Waals surface area contributed by atoms with Crippen LogP contribution >= 0.6 is 10.7 Å². The number of carbonyl (C=O) groups excluding carboxylic acids is 2. The summed E-state index contributed by atoms with van der Waals surface area (Å²) in [7, 11) is 2.02. The lowest BCUT2D eigenvalue weighted by atomic mass is 10.0. The van der Waals surface area contributed by atoms with Crippen LogP contribution < -0.4 is 4.31 Å². The van der Waals surface area contributed by atoms with Crippen molar-refractivity contribution in [3.8, 4) is 11.1 Å². The Kier molecular flexibility index (Phi) is 5.46. The molecule has 3 rings (SSSR count). The number of esters is 2. The molecule has 27 heavy (non-hydrogen) atoms. The number of nitrogens with zero attached hydrogens (tertiary/aromatic N) is 1. The molecule has 1 heterocycles. The first-order valence-corrected chi connectivity index (χ1v) is 9.58. The Hall–Kier alpha value is -2.86. The lowest BCUT2D eigenvalue weighted by Crippen LogP contribution is -2.28. The van der Waals surface area contributed by atoms with Crippen molar-refractivity contribution in [2.45, 2.75) is 18.7 Å². The molecule has 0 spiro atoms. The standard InChI is InChI=1S/C21H21NO4S/c1-14(2)27-19-12-8-6-10-16(19)15-9-5-7-11-17(15)22(27)18(21(24)26-4)13-20(23)25-3/h5-13H,1-4H3/b18-13+. The molecule has 0 saturated carbocycles. The van der Waals surface area contributed by atoms with Crippen molar-refractivity contribution in [3.05, 3.63) is 60.3 Å². The van der Waals surface area contributed by atoms with Crippen LogP contribution in [0.25, 0.3) is 11.1 Å². The number of fused-ring (bicyclic) bond motifs is 3. The molecule has 6 heteroatoms. The van der Waals surface area contributed by atoms with Gasteiger partial charge in [0.25, 0.3) is 0 Å². The van der Waals surface area contributed by atoms with Crippen LogP contribution in [0.2, 0.25) is 0 Å². The van der Waals surface area contributed by atoms with Crippen LogP contribution in [0.3, 0.4) is 0 Å². The highest BCUT2D eigenvalue weighted by Gasteiger charge is 2.32. The first-order valence-electron chi connectivity index (χ1n) is 8.40. The summed E-state index contributed by atoms with van der Waals surface area (Å²) in [5.74, 6) is -1.20. The summed E-state index contributed by atoms with van der Waals surface area (Å²) in [4.78, 5) is 26.8. The quantitative estimate of drug-likeness (QED) is 0.453. The van der Waals surface area contributed by atoms with Crippen molar-refractivity contribution in [3.63, 3.8) is 0 Å². The van der Waals surface area contributed by atoms with Gasteiger partial charge in [-0.15, -0.1) is 0 Å². The molecule has 140 valence electrons. The number of hydrogen-bond donors (Lipinski definition) is 0. The Balaban J connectivity index is 2.36. The van der Waals surface area contributed by atoms with Crippen LogP contribution in [0.4, 0.5) is 5.69 Å². The Labute approximate surface area is 161 Å². The Bertz CT molecular complexity index is 974. The van der Waals surface area contributed by atoms with Crippen molar-refractivity contribution in [1.29, 1.82) is 0 Å². The number of carbonyl (C=O) groups is 2. The molecule has 0 fully saturated rings. The van der Waals surface area contributed by atoms with Crippen LogP contribution in [0.5, 0.6) is 0 Å². The Morgan fingerprint density at radius 2 is 1.56 bits per heavy atom. The van der Waals surface area contributed by atoms with E-state index in [1.807, 2.05) is 54.6 Å². The molecule has 5 nitrogen and oxygen atoms in total. The summed E-state index contributed by atoms with van der Waals surface area (Å²) in [6.07, 6.45) is 1.19. The molecule has 0 radical (unpaired) electrons. The molecule has 2 aromatic rings. The average molecular weight is 383 g/mol. The summed E-state index contributed by atoms with van der Waals surface area (Å²) in [6.45, 7) is 4.04. The summed E-state index contributed by atoms with van der Waals surface area (Å²) < 4.78 is 11.6. The second-order valence-electron chi connectivity index (χ2n) is 6.04.